The fourth-order valence-corrected chi connectivity index (χ4v) is 3.63. The minimum atomic E-state index is -0.820. The number of carbonyl (C=O) groups excluding carboxylic acids is 1. The van der Waals surface area contributed by atoms with Crippen molar-refractivity contribution >= 4 is 11.9 Å². The standard InChI is InChI=1S/C16H27NO4/c18-14(5-3-4-13-6-10-21-11-7-13)17-16(12-15(19)20)8-1-2-9-16/h13H,1-12H2,(H,17,18)(H,19,20). The predicted molar refractivity (Wildman–Crippen MR) is 79.0 cm³/mol. The van der Waals surface area contributed by atoms with E-state index in [9.17, 15) is 9.59 Å². The van der Waals surface area contributed by atoms with Crippen LogP contribution in [-0.4, -0.2) is 35.7 Å². The Morgan fingerprint density at radius 3 is 2.48 bits per heavy atom. The van der Waals surface area contributed by atoms with E-state index in [4.69, 9.17) is 9.84 Å². The number of aliphatic carboxylic acids is 1. The molecule has 2 rings (SSSR count). The van der Waals surface area contributed by atoms with Crippen molar-refractivity contribution in [3.8, 4) is 0 Å². The zero-order valence-electron chi connectivity index (χ0n) is 12.7. The third-order valence-electron chi connectivity index (χ3n) is 4.81. The first kappa shape index (κ1) is 16.3. The molecule has 0 aromatic heterocycles. The predicted octanol–water partition coefficient (Wildman–Crippen LogP) is 2.49. The lowest BCUT2D eigenvalue weighted by molar-refractivity contribution is -0.139. The zero-order chi connectivity index (χ0) is 15.1. The topological polar surface area (TPSA) is 75.6 Å². The molecule has 1 amide bonds. The highest BCUT2D eigenvalue weighted by Gasteiger charge is 2.37. The average molecular weight is 297 g/mol. The molecule has 1 aliphatic carbocycles. The fourth-order valence-electron chi connectivity index (χ4n) is 3.63. The molecule has 1 heterocycles. The van der Waals surface area contributed by atoms with Crippen molar-refractivity contribution in [1.82, 2.24) is 5.32 Å². The van der Waals surface area contributed by atoms with Gasteiger partial charge in [-0.3, -0.25) is 9.59 Å². The van der Waals surface area contributed by atoms with Crippen molar-refractivity contribution in [2.24, 2.45) is 5.92 Å². The van der Waals surface area contributed by atoms with Crippen molar-refractivity contribution in [1.29, 1.82) is 0 Å². The minimum absolute atomic E-state index is 0.0187. The Kier molecular flexibility index (Phi) is 6.03. The molecule has 0 spiro atoms. The number of carboxylic acid groups (broad SMARTS) is 1. The van der Waals surface area contributed by atoms with Crippen LogP contribution < -0.4 is 5.32 Å². The quantitative estimate of drug-likeness (QED) is 0.757. The van der Waals surface area contributed by atoms with Gasteiger partial charge in [-0.2, -0.15) is 0 Å². The molecule has 5 heteroatoms. The lowest BCUT2D eigenvalue weighted by Crippen LogP contribution is -2.47. The van der Waals surface area contributed by atoms with Gasteiger partial charge in [0.05, 0.1) is 12.0 Å². The number of carbonyl (C=O) groups is 2. The smallest absolute Gasteiger partial charge is 0.305 e. The van der Waals surface area contributed by atoms with Gasteiger partial charge in [0.2, 0.25) is 5.91 Å². The Labute approximate surface area is 126 Å². The number of ether oxygens (including phenoxy) is 1. The molecule has 0 radical (unpaired) electrons. The molecule has 21 heavy (non-hydrogen) atoms. The third kappa shape index (κ3) is 5.30. The van der Waals surface area contributed by atoms with E-state index < -0.39 is 11.5 Å². The van der Waals surface area contributed by atoms with Crippen LogP contribution in [0.2, 0.25) is 0 Å². The number of amides is 1. The van der Waals surface area contributed by atoms with Crippen molar-refractivity contribution in [3.63, 3.8) is 0 Å². The number of carboxylic acids is 1. The summed E-state index contributed by atoms with van der Waals surface area (Å²) < 4.78 is 5.33. The minimum Gasteiger partial charge on any atom is -0.481 e. The van der Waals surface area contributed by atoms with Crippen LogP contribution in [0.3, 0.4) is 0 Å². The van der Waals surface area contributed by atoms with Gasteiger partial charge >= 0.3 is 5.97 Å². The van der Waals surface area contributed by atoms with Crippen LogP contribution in [0.5, 0.6) is 0 Å². The van der Waals surface area contributed by atoms with Crippen LogP contribution in [0.15, 0.2) is 0 Å². The number of hydrogen-bond acceptors (Lipinski definition) is 3. The van der Waals surface area contributed by atoms with Gasteiger partial charge < -0.3 is 15.2 Å². The monoisotopic (exact) mass is 297 g/mol. The van der Waals surface area contributed by atoms with Crippen LogP contribution >= 0.6 is 0 Å². The molecule has 0 unspecified atom stereocenters. The first-order chi connectivity index (χ1) is 10.1. The summed E-state index contributed by atoms with van der Waals surface area (Å²) in [6.45, 7) is 1.69. The summed E-state index contributed by atoms with van der Waals surface area (Å²) in [5, 5.41) is 12.1. The summed E-state index contributed by atoms with van der Waals surface area (Å²) in [7, 11) is 0. The molecule has 2 N–H and O–H groups in total. The molecule has 0 bridgehead atoms. The second-order valence-electron chi connectivity index (χ2n) is 6.55. The van der Waals surface area contributed by atoms with E-state index in [0.29, 0.717) is 12.3 Å². The molecule has 0 aromatic carbocycles. The number of hydrogen-bond donors (Lipinski definition) is 2. The maximum absolute atomic E-state index is 12.1. The van der Waals surface area contributed by atoms with E-state index in [1.165, 1.54) is 0 Å². The van der Waals surface area contributed by atoms with Crippen molar-refractivity contribution in [3.05, 3.63) is 0 Å². The molecule has 1 saturated carbocycles. The molecule has 2 aliphatic rings. The molecule has 120 valence electrons. The Bertz CT molecular complexity index is 357. The molecular weight excluding hydrogens is 270 g/mol. The Morgan fingerprint density at radius 2 is 1.86 bits per heavy atom. The van der Waals surface area contributed by atoms with Crippen LogP contribution in [0, 0.1) is 5.92 Å². The van der Waals surface area contributed by atoms with Gasteiger partial charge in [-0.15, -0.1) is 0 Å². The third-order valence-corrected chi connectivity index (χ3v) is 4.81. The molecule has 0 aromatic rings. The summed E-state index contributed by atoms with van der Waals surface area (Å²) in [6.07, 6.45) is 8.34. The van der Waals surface area contributed by atoms with E-state index >= 15 is 0 Å². The van der Waals surface area contributed by atoms with Gasteiger partial charge in [-0.1, -0.05) is 12.8 Å². The maximum Gasteiger partial charge on any atom is 0.305 e. The van der Waals surface area contributed by atoms with Crippen LogP contribution in [0.4, 0.5) is 0 Å². The second-order valence-corrected chi connectivity index (χ2v) is 6.55. The number of rotatable bonds is 7. The summed E-state index contributed by atoms with van der Waals surface area (Å²) in [5.41, 5.74) is -0.485. The van der Waals surface area contributed by atoms with E-state index in [0.717, 1.165) is 64.6 Å². The second kappa shape index (κ2) is 7.78. The molecule has 5 nitrogen and oxygen atoms in total. The van der Waals surface area contributed by atoms with Gasteiger partial charge in [0, 0.05) is 19.6 Å². The van der Waals surface area contributed by atoms with E-state index in [1.807, 2.05) is 0 Å². The van der Waals surface area contributed by atoms with E-state index in [2.05, 4.69) is 5.32 Å². The SMILES string of the molecule is O=C(O)CC1(NC(=O)CCCC2CCOCC2)CCCC1. The van der Waals surface area contributed by atoms with Crippen molar-refractivity contribution in [2.45, 2.75) is 69.7 Å². The summed E-state index contributed by atoms with van der Waals surface area (Å²) in [6, 6.07) is 0. The molecule has 0 atom stereocenters. The fraction of sp³-hybridized carbons (Fsp3) is 0.875. The first-order valence-electron chi connectivity index (χ1n) is 8.20. The van der Waals surface area contributed by atoms with Gasteiger partial charge in [0.25, 0.3) is 0 Å². The highest BCUT2D eigenvalue weighted by atomic mass is 16.5. The highest BCUT2D eigenvalue weighted by molar-refractivity contribution is 5.78. The normalized spacial score (nSPS) is 22.1. The Balaban J connectivity index is 1.70. The molecule has 1 aliphatic heterocycles. The van der Waals surface area contributed by atoms with Crippen LogP contribution in [0.25, 0.3) is 0 Å². The molecule has 2 fully saturated rings. The largest absolute Gasteiger partial charge is 0.481 e. The highest BCUT2D eigenvalue weighted by Crippen LogP contribution is 2.32. The van der Waals surface area contributed by atoms with Gasteiger partial charge in [0.1, 0.15) is 0 Å². The van der Waals surface area contributed by atoms with Crippen molar-refractivity contribution in [2.75, 3.05) is 13.2 Å². The van der Waals surface area contributed by atoms with Gasteiger partial charge in [-0.05, 0) is 44.4 Å². The van der Waals surface area contributed by atoms with Gasteiger partial charge in [-0.25, -0.2) is 0 Å². The van der Waals surface area contributed by atoms with Crippen LogP contribution in [0.1, 0.15) is 64.2 Å². The summed E-state index contributed by atoms with van der Waals surface area (Å²) in [5.74, 6) is -0.115. The lowest BCUT2D eigenvalue weighted by Gasteiger charge is -2.29. The van der Waals surface area contributed by atoms with E-state index in [1.54, 1.807) is 0 Å². The zero-order valence-corrected chi connectivity index (χ0v) is 12.7. The Morgan fingerprint density at radius 1 is 1.19 bits per heavy atom. The number of nitrogens with one attached hydrogen (secondary N) is 1. The first-order valence-corrected chi connectivity index (χ1v) is 8.20. The summed E-state index contributed by atoms with van der Waals surface area (Å²) in [4.78, 5) is 23.1. The molecule has 1 saturated heterocycles. The summed E-state index contributed by atoms with van der Waals surface area (Å²) >= 11 is 0. The van der Waals surface area contributed by atoms with Crippen LogP contribution in [-0.2, 0) is 14.3 Å². The molecular formula is C16H27NO4. The Hall–Kier alpha value is -1.10. The lowest BCUT2D eigenvalue weighted by atomic mass is 9.92. The maximum atomic E-state index is 12.1. The van der Waals surface area contributed by atoms with Gasteiger partial charge in [0.15, 0.2) is 0 Å². The van der Waals surface area contributed by atoms with Crippen molar-refractivity contribution < 1.29 is 19.4 Å². The van der Waals surface area contributed by atoms with E-state index in [-0.39, 0.29) is 12.3 Å². The average Bonchev–Trinajstić information content (AvgIpc) is 2.87.